The Kier molecular flexibility index (Phi) is 28.7. The summed E-state index contributed by atoms with van der Waals surface area (Å²) in [6.45, 7) is 16.9. The van der Waals surface area contributed by atoms with Crippen LogP contribution < -0.4 is 96.2 Å². The molecular weight excluding hydrogens is 1780 g/mol. The maximum Gasteiger partial charge on any atom is 0.263 e. The van der Waals surface area contributed by atoms with Crippen molar-refractivity contribution in [3.05, 3.63) is 196 Å². The van der Waals surface area contributed by atoms with Crippen LogP contribution in [0.4, 0.5) is 54.3 Å². The number of anilines is 8. The van der Waals surface area contributed by atoms with Crippen LogP contribution in [0.1, 0.15) is 108 Å². The average Bonchev–Trinajstić information content (AvgIpc) is 1.72. The Labute approximate surface area is 792 Å². The standard InChI is InChI=1S/2C25H31N5O2S.2C24H28FN5O3S/c2*1-14-3-8-20-22(27)23(33-25(20)28-14)24(31)29-18-6-4-16-10-19(7-5-15(16)9-18)30-11-17(13-32-2)21(26)12-30;2*1-12-3-4-16-21(27)22(34-24(16)28-12)23(31)29-14-5-17-18(25)6-15(7-20(17)33-11-14)30-8-13(10-32-2)19(26)9-30/h2*3,5,7-8,10,17-18,21H,4,6,9,11-13,26-27H2,1-2H3,(H,29,31);2*3-4,6-7,13-14,19H,5,8-11,26-27H2,1-2H3,(H,29,31)/t17-,18+,21-;17-,18-,21-;13-,14+,19-;13-,14-,19-/m1001/s1. The Bertz CT molecular complexity index is 6020. The number of carbonyl (C=O) groups is 4. The Morgan fingerprint density at radius 3 is 0.948 bits per heavy atom. The zero-order valence-electron chi connectivity index (χ0n) is 76.5. The number of nitrogens with two attached hydrogens (primary N) is 8. The zero-order valence-corrected chi connectivity index (χ0v) is 79.8. The first-order valence-electron chi connectivity index (χ1n) is 45.5. The molecule has 0 unspecified atom stereocenters. The van der Waals surface area contributed by atoms with E-state index < -0.39 is 0 Å². The van der Waals surface area contributed by atoms with E-state index in [0.29, 0.717) is 142 Å². The summed E-state index contributed by atoms with van der Waals surface area (Å²) in [4.78, 5) is 83.7. The molecule has 12 atom stereocenters. The zero-order chi connectivity index (χ0) is 94.2. The largest absolute Gasteiger partial charge is 0.491 e. The van der Waals surface area contributed by atoms with Gasteiger partial charge in [0.15, 0.2) is 0 Å². The summed E-state index contributed by atoms with van der Waals surface area (Å²) in [5.74, 6) is 0.627. The Morgan fingerprint density at radius 2 is 0.657 bits per heavy atom. The number of pyridine rings is 4. The highest BCUT2D eigenvalue weighted by atomic mass is 32.1. The first kappa shape index (κ1) is 94.5. The highest BCUT2D eigenvalue weighted by Gasteiger charge is 2.39. The van der Waals surface area contributed by atoms with Gasteiger partial charge in [-0.05, 0) is 173 Å². The minimum absolute atomic E-state index is 0.0278. The topological polar surface area (TPSA) is 444 Å². The van der Waals surface area contributed by atoms with Crippen molar-refractivity contribution in [3.8, 4) is 11.5 Å². The number of nitrogens with zero attached hydrogens (tertiary/aromatic N) is 8. The number of fused-ring (bicyclic) bond motifs is 8. The lowest BCUT2D eigenvalue weighted by atomic mass is 9.87. The molecule has 8 aromatic heterocycles. The lowest BCUT2D eigenvalue weighted by molar-refractivity contribution is 0.0911. The number of halogens is 2. The van der Waals surface area contributed by atoms with Gasteiger partial charge in [0.05, 0.1) is 61.3 Å². The Hall–Kier alpha value is -11.3. The normalized spacial score (nSPS) is 22.3. The van der Waals surface area contributed by atoms with Crippen molar-refractivity contribution in [2.45, 2.75) is 127 Å². The third-order valence-electron chi connectivity index (χ3n) is 26.9. The van der Waals surface area contributed by atoms with Gasteiger partial charge in [-0.1, -0.05) is 12.1 Å². The van der Waals surface area contributed by atoms with E-state index in [-0.39, 0.29) is 109 Å². The quantitative estimate of drug-likeness (QED) is 0.0337. The molecule has 12 aromatic rings. The molecule has 30 nitrogen and oxygen atoms in total. The van der Waals surface area contributed by atoms with Crippen molar-refractivity contribution in [1.82, 2.24) is 41.2 Å². The minimum atomic E-state index is -0.369. The second-order valence-electron chi connectivity index (χ2n) is 36.6. The lowest BCUT2D eigenvalue weighted by Crippen LogP contribution is -2.43. The predicted molar refractivity (Wildman–Crippen MR) is 530 cm³/mol. The fourth-order valence-corrected chi connectivity index (χ4v) is 23.7. The molecule has 0 radical (unpaired) electrons. The van der Waals surface area contributed by atoms with Crippen LogP contribution in [0.2, 0.25) is 0 Å². The number of nitrogen functional groups attached to an aromatic ring is 4. The monoisotopic (exact) mass is 1900 g/mol. The summed E-state index contributed by atoms with van der Waals surface area (Å²) < 4.78 is 63.1. The van der Waals surface area contributed by atoms with Gasteiger partial charge in [-0.15, -0.1) is 45.3 Å². The molecule has 0 bridgehead atoms. The number of rotatable bonds is 20. The van der Waals surface area contributed by atoms with Crippen LogP contribution in [0, 0.1) is 63.0 Å². The van der Waals surface area contributed by atoms with Crippen molar-refractivity contribution >= 4 is 155 Å². The number of hydrogen-bond donors (Lipinski definition) is 12. The van der Waals surface area contributed by atoms with Crippen molar-refractivity contribution in [1.29, 1.82) is 0 Å². The van der Waals surface area contributed by atoms with Crippen LogP contribution in [0.3, 0.4) is 0 Å². The molecule has 20 N–H and O–H groups in total. The maximum absolute atomic E-state index is 15.1. The van der Waals surface area contributed by atoms with Gasteiger partial charge in [-0.3, -0.25) is 19.2 Å². The summed E-state index contributed by atoms with van der Waals surface area (Å²) in [5.41, 5.74) is 65.7. The molecule has 6 aliphatic heterocycles. The first-order valence-corrected chi connectivity index (χ1v) is 48.8. The molecule has 134 heavy (non-hydrogen) atoms. The number of benzene rings is 4. The number of amides is 4. The van der Waals surface area contributed by atoms with Gasteiger partial charge in [0.25, 0.3) is 23.6 Å². The summed E-state index contributed by atoms with van der Waals surface area (Å²) in [7, 11) is 6.78. The molecule has 36 heteroatoms. The number of hydrogen-bond acceptors (Lipinski definition) is 30. The summed E-state index contributed by atoms with van der Waals surface area (Å²) in [6, 6.07) is 35.0. The molecule has 0 spiro atoms. The number of ether oxygens (including phenoxy) is 6. The van der Waals surface area contributed by atoms with Crippen molar-refractivity contribution < 1.29 is 56.4 Å². The Morgan fingerprint density at radius 1 is 0.373 bits per heavy atom. The summed E-state index contributed by atoms with van der Waals surface area (Å²) in [5, 5.41) is 15.5. The van der Waals surface area contributed by atoms with Crippen LogP contribution in [0.25, 0.3) is 40.9 Å². The van der Waals surface area contributed by atoms with Gasteiger partial charge in [0.1, 0.15) is 75.2 Å². The molecule has 4 amide bonds. The van der Waals surface area contributed by atoms with Gasteiger partial charge < -0.3 is 115 Å². The van der Waals surface area contributed by atoms with E-state index >= 15 is 8.78 Å². The third kappa shape index (κ3) is 20.5. The molecule has 2 aliphatic carbocycles. The first-order chi connectivity index (χ1) is 64.5. The molecule has 708 valence electrons. The number of aryl methyl sites for hydroxylation is 6. The van der Waals surface area contributed by atoms with Crippen LogP contribution >= 0.6 is 45.3 Å². The van der Waals surface area contributed by atoms with Gasteiger partial charge in [-0.2, -0.15) is 0 Å². The fourth-order valence-electron chi connectivity index (χ4n) is 19.5. The van der Waals surface area contributed by atoms with Crippen LogP contribution in [0.15, 0.2) is 109 Å². The Balaban J connectivity index is 0.000000124. The maximum atomic E-state index is 15.1. The van der Waals surface area contributed by atoms with Crippen LogP contribution in [0.5, 0.6) is 11.5 Å². The summed E-state index contributed by atoms with van der Waals surface area (Å²) in [6.07, 6.45) is 6.04. The molecule has 20 rings (SSSR count). The number of thiophene rings is 4. The van der Waals surface area contributed by atoms with Gasteiger partial charge in [-0.25, -0.2) is 28.7 Å². The van der Waals surface area contributed by atoms with E-state index in [9.17, 15) is 19.2 Å². The van der Waals surface area contributed by atoms with Gasteiger partial charge in [0.2, 0.25) is 0 Å². The second-order valence-corrected chi connectivity index (χ2v) is 40.6. The molecule has 4 saturated heterocycles. The highest BCUT2D eigenvalue weighted by Crippen LogP contribution is 2.43. The third-order valence-corrected chi connectivity index (χ3v) is 31.4. The number of methoxy groups -OCH3 is 4. The van der Waals surface area contributed by atoms with E-state index in [1.807, 2.05) is 88.4 Å². The highest BCUT2D eigenvalue weighted by molar-refractivity contribution is 7.22. The van der Waals surface area contributed by atoms with Gasteiger partial charge in [0, 0.05) is 244 Å². The summed E-state index contributed by atoms with van der Waals surface area (Å²) >= 11 is 5.25. The molecule has 4 aromatic carbocycles. The lowest BCUT2D eigenvalue weighted by Gasteiger charge is -2.28. The molecular formula is C98H118F2N20O10S4. The molecule has 0 saturated carbocycles. The second kappa shape index (κ2) is 40.7. The number of aromatic nitrogens is 4. The SMILES string of the molecule is COC[C@@H]1CN(c2cc(F)c3c(c2)OC[C@H](NC(=O)c2sc4nc(C)ccc4c2N)C3)C[C@@H]1N.COC[C@@H]1CN(c2ccc3c(c2)CC[C@H](NC(=O)c2sc4nc(C)ccc4c2N)C3)C[C@@H]1N.COC[C@H]1CN(c2cc(F)c3c(c2)OC[C@H](NC(=O)c2sc4nc(C)ccc4c2N)C3)C[C@H]1N.COC[C@H]1CN(c2ccc3c(c2)CC[C@H](NC(=O)c2sc4nc(C)ccc4c2N)C3)C[C@H]1N. The smallest absolute Gasteiger partial charge is 0.263 e. The van der Waals surface area contributed by atoms with Crippen molar-refractivity contribution in [2.75, 3.05) is 163 Å². The van der Waals surface area contributed by atoms with E-state index in [4.69, 9.17) is 74.3 Å². The van der Waals surface area contributed by atoms with E-state index in [1.165, 1.54) is 91.1 Å². The van der Waals surface area contributed by atoms with Crippen molar-refractivity contribution in [3.63, 3.8) is 0 Å². The van der Waals surface area contributed by atoms with Crippen molar-refractivity contribution in [2.24, 2.45) is 46.6 Å². The average molecular weight is 1900 g/mol. The molecule has 14 heterocycles. The molecule has 4 fully saturated rings. The predicted octanol–water partition coefficient (Wildman–Crippen LogP) is 10.7. The van der Waals surface area contributed by atoms with E-state index in [2.05, 4.69) is 97.2 Å². The van der Waals surface area contributed by atoms with Gasteiger partial charge >= 0.3 is 0 Å². The van der Waals surface area contributed by atoms with E-state index in [1.54, 1.807) is 28.4 Å². The van der Waals surface area contributed by atoms with Crippen LogP contribution in [-0.4, -0.2) is 212 Å². The van der Waals surface area contributed by atoms with Crippen LogP contribution in [-0.2, 0) is 57.5 Å². The minimum Gasteiger partial charge on any atom is -0.491 e. The number of carbonyl (C=O) groups excluding carboxylic acids is 4. The molecule has 8 aliphatic rings. The number of nitrogens with one attached hydrogen (secondary N) is 4. The van der Waals surface area contributed by atoms with E-state index in [0.717, 1.165) is 140 Å². The fraction of sp³-hybridized carbons (Fsp3) is 0.429.